The van der Waals surface area contributed by atoms with Crippen molar-refractivity contribution in [3.05, 3.63) is 71.1 Å². The summed E-state index contributed by atoms with van der Waals surface area (Å²) in [6, 6.07) is 18.3. The largest absolute Gasteiger partial charge is 0.369 e. The summed E-state index contributed by atoms with van der Waals surface area (Å²) in [4.78, 5) is 30.4. The molecule has 0 spiro atoms. The van der Waals surface area contributed by atoms with Gasteiger partial charge in [0.1, 0.15) is 12.1 Å². The average molecular weight is 459 g/mol. The SMILES string of the molecule is Cn1ncc2c3ccccc3n(CC(=O)NCCCN3CCN(c4ccccc4)CC3)c2c1=O. The summed E-state index contributed by atoms with van der Waals surface area (Å²) in [5, 5.41) is 8.91. The Hall–Kier alpha value is -3.65. The molecule has 1 amide bonds. The molecule has 2 aromatic carbocycles. The van der Waals surface area contributed by atoms with Crippen molar-refractivity contribution in [2.45, 2.75) is 13.0 Å². The predicted molar refractivity (Wildman–Crippen MR) is 135 cm³/mol. The van der Waals surface area contributed by atoms with E-state index in [9.17, 15) is 9.59 Å². The van der Waals surface area contributed by atoms with Crippen LogP contribution in [0.2, 0.25) is 0 Å². The van der Waals surface area contributed by atoms with Gasteiger partial charge in [0.25, 0.3) is 5.56 Å². The molecule has 0 bridgehead atoms. The molecule has 0 aliphatic carbocycles. The van der Waals surface area contributed by atoms with Gasteiger partial charge in [-0.15, -0.1) is 0 Å². The Morgan fingerprint density at radius 3 is 2.50 bits per heavy atom. The average Bonchev–Trinajstić information content (AvgIpc) is 3.19. The van der Waals surface area contributed by atoms with Crippen LogP contribution in [0.5, 0.6) is 0 Å². The number of nitrogens with one attached hydrogen (secondary N) is 1. The van der Waals surface area contributed by atoms with Gasteiger partial charge < -0.3 is 14.8 Å². The molecule has 176 valence electrons. The van der Waals surface area contributed by atoms with E-state index in [2.05, 4.69) is 44.5 Å². The lowest BCUT2D eigenvalue weighted by Crippen LogP contribution is -2.47. The Morgan fingerprint density at radius 2 is 1.71 bits per heavy atom. The fourth-order valence-electron chi connectivity index (χ4n) is 4.80. The first kappa shape index (κ1) is 22.2. The van der Waals surface area contributed by atoms with Gasteiger partial charge in [-0.25, -0.2) is 4.68 Å². The Morgan fingerprint density at radius 1 is 0.971 bits per heavy atom. The lowest BCUT2D eigenvalue weighted by molar-refractivity contribution is -0.121. The minimum atomic E-state index is -0.198. The second-order valence-corrected chi connectivity index (χ2v) is 8.81. The maximum Gasteiger partial charge on any atom is 0.291 e. The summed E-state index contributed by atoms with van der Waals surface area (Å²) >= 11 is 0. The Balaban J connectivity index is 1.15. The first-order valence-corrected chi connectivity index (χ1v) is 11.8. The fraction of sp³-hybridized carbons (Fsp3) is 0.346. The molecule has 5 rings (SSSR count). The number of piperazine rings is 1. The number of amides is 1. The van der Waals surface area contributed by atoms with E-state index in [1.54, 1.807) is 13.2 Å². The molecular weight excluding hydrogens is 428 g/mol. The number of rotatable bonds is 7. The first-order chi connectivity index (χ1) is 16.6. The highest BCUT2D eigenvalue weighted by atomic mass is 16.2. The number of carbonyl (C=O) groups is 1. The lowest BCUT2D eigenvalue weighted by atomic mass is 10.2. The molecule has 1 aliphatic rings. The third-order valence-corrected chi connectivity index (χ3v) is 6.64. The molecule has 0 radical (unpaired) electrons. The van der Waals surface area contributed by atoms with Gasteiger partial charge in [-0.1, -0.05) is 36.4 Å². The molecule has 2 aromatic heterocycles. The number of para-hydroxylation sites is 2. The maximum atomic E-state index is 12.8. The molecule has 4 aromatic rings. The van der Waals surface area contributed by atoms with Crippen LogP contribution in [-0.2, 0) is 18.4 Å². The van der Waals surface area contributed by atoms with E-state index < -0.39 is 0 Å². The van der Waals surface area contributed by atoms with Crippen molar-refractivity contribution in [1.29, 1.82) is 0 Å². The zero-order valence-electron chi connectivity index (χ0n) is 19.5. The summed E-state index contributed by atoms with van der Waals surface area (Å²) in [5.74, 6) is -0.0876. The van der Waals surface area contributed by atoms with Crippen molar-refractivity contribution >= 4 is 33.4 Å². The molecule has 0 unspecified atom stereocenters. The molecule has 1 fully saturated rings. The van der Waals surface area contributed by atoms with Crippen LogP contribution >= 0.6 is 0 Å². The molecule has 1 saturated heterocycles. The Bertz CT molecular complexity index is 1350. The van der Waals surface area contributed by atoms with E-state index in [-0.39, 0.29) is 18.0 Å². The summed E-state index contributed by atoms with van der Waals surface area (Å²) in [6.45, 7) is 5.79. The summed E-state index contributed by atoms with van der Waals surface area (Å²) < 4.78 is 3.12. The van der Waals surface area contributed by atoms with Gasteiger partial charge in [-0.2, -0.15) is 5.10 Å². The number of benzene rings is 2. The molecule has 1 N–H and O–H groups in total. The van der Waals surface area contributed by atoms with Crippen LogP contribution in [0.1, 0.15) is 6.42 Å². The van der Waals surface area contributed by atoms with Gasteiger partial charge in [0.15, 0.2) is 0 Å². The number of aromatic nitrogens is 3. The van der Waals surface area contributed by atoms with Gasteiger partial charge >= 0.3 is 0 Å². The van der Waals surface area contributed by atoms with Crippen molar-refractivity contribution < 1.29 is 4.79 Å². The number of anilines is 1. The lowest BCUT2D eigenvalue weighted by Gasteiger charge is -2.36. The van der Waals surface area contributed by atoms with Crippen LogP contribution in [0, 0.1) is 0 Å². The molecule has 3 heterocycles. The molecule has 8 heteroatoms. The van der Waals surface area contributed by atoms with Crippen LogP contribution in [0.3, 0.4) is 0 Å². The molecule has 0 saturated carbocycles. The van der Waals surface area contributed by atoms with E-state index >= 15 is 0 Å². The molecule has 34 heavy (non-hydrogen) atoms. The van der Waals surface area contributed by atoms with Crippen LogP contribution in [0.4, 0.5) is 5.69 Å². The highest BCUT2D eigenvalue weighted by molar-refractivity contribution is 6.07. The number of carbonyl (C=O) groups excluding carboxylic acids is 1. The standard InChI is InChI=1S/C26H30N6O2/c1-29-26(34)25-22(18-28-29)21-10-5-6-11-23(21)32(25)19-24(33)27-12-7-13-30-14-16-31(17-15-30)20-8-3-2-4-9-20/h2-6,8-11,18H,7,12-17,19H2,1H3,(H,27,33). The molecule has 8 nitrogen and oxygen atoms in total. The van der Waals surface area contributed by atoms with Gasteiger partial charge in [-0.05, 0) is 31.2 Å². The van der Waals surface area contributed by atoms with Crippen LogP contribution < -0.4 is 15.8 Å². The van der Waals surface area contributed by atoms with E-state index in [4.69, 9.17) is 0 Å². The van der Waals surface area contributed by atoms with Crippen LogP contribution in [0.25, 0.3) is 21.8 Å². The van der Waals surface area contributed by atoms with Crippen molar-refractivity contribution in [1.82, 2.24) is 24.6 Å². The second-order valence-electron chi connectivity index (χ2n) is 8.81. The van der Waals surface area contributed by atoms with Crippen LogP contribution in [-0.4, -0.2) is 64.4 Å². The minimum Gasteiger partial charge on any atom is -0.369 e. The molecule has 1 aliphatic heterocycles. The Kier molecular flexibility index (Phi) is 6.31. The maximum absolute atomic E-state index is 12.8. The van der Waals surface area contributed by atoms with Crippen LogP contribution in [0.15, 0.2) is 65.6 Å². The highest BCUT2D eigenvalue weighted by Crippen LogP contribution is 2.26. The number of nitrogens with zero attached hydrogens (tertiary/aromatic N) is 5. The normalized spacial score (nSPS) is 14.7. The summed E-state index contributed by atoms with van der Waals surface area (Å²) in [6.07, 6.45) is 2.60. The number of fused-ring (bicyclic) bond motifs is 3. The minimum absolute atomic E-state index is 0.0876. The summed E-state index contributed by atoms with van der Waals surface area (Å²) in [5.41, 5.74) is 2.47. The quantitative estimate of drug-likeness (QED) is 0.430. The van der Waals surface area contributed by atoms with Crippen molar-refractivity contribution in [2.24, 2.45) is 7.05 Å². The number of aryl methyl sites for hydroxylation is 1. The zero-order valence-corrected chi connectivity index (χ0v) is 19.5. The third kappa shape index (κ3) is 4.41. The Labute approximate surface area is 198 Å². The van der Waals surface area contributed by atoms with Crippen molar-refractivity contribution in [3.63, 3.8) is 0 Å². The third-order valence-electron chi connectivity index (χ3n) is 6.64. The van der Waals surface area contributed by atoms with E-state index in [1.807, 2.05) is 34.9 Å². The van der Waals surface area contributed by atoms with Gasteiger partial charge in [0.2, 0.25) is 5.91 Å². The number of hydrogen-bond acceptors (Lipinski definition) is 5. The summed E-state index contributed by atoms with van der Waals surface area (Å²) in [7, 11) is 1.63. The monoisotopic (exact) mass is 458 g/mol. The van der Waals surface area contributed by atoms with E-state index in [0.29, 0.717) is 12.1 Å². The van der Waals surface area contributed by atoms with Crippen molar-refractivity contribution in [2.75, 3.05) is 44.2 Å². The van der Waals surface area contributed by atoms with Gasteiger partial charge in [-0.3, -0.25) is 14.5 Å². The topological polar surface area (TPSA) is 75.4 Å². The smallest absolute Gasteiger partial charge is 0.291 e. The highest BCUT2D eigenvalue weighted by Gasteiger charge is 2.18. The molecule has 0 atom stereocenters. The molecular formula is C26H30N6O2. The van der Waals surface area contributed by atoms with Gasteiger partial charge in [0.05, 0.1) is 6.20 Å². The fourth-order valence-corrected chi connectivity index (χ4v) is 4.80. The van der Waals surface area contributed by atoms with Gasteiger partial charge in [0, 0.05) is 61.7 Å². The van der Waals surface area contributed by atoms with E-state index in [0.717, 1.165) is 55.4 Å². The first-order valence-electron chi connectivity index (χ1n) is 11.8. The second kappa shape index (κ2) is 9.69. The van der Waals surface area contributed by atoms with E-state index in [1.165, 1.54) is 10.4 Å². The zero-order chi connectivity index (χ0) is 23.5. The van der Waals surface area contributed by atoms with Crippen molar-refractivity contribution in [3.8, 4) is 0 Å². The number of hydrogen-bond donors (Lipinski definition) is 1. The predicted octanol–water partition coefficient (Wildman–Crippen LogP) is 2.22.